The smallest absolute Gasteiger partial charge is 0.224 e. The fourth-order valence-corrected chi connectivity index (χ4v) is 2.81. The first-order chi connectivity index (χ1) is 11.0. The van der Waals surface area contributed by atoms with Gasteiger partial charge in [0.25, 0.3) is 0 Å². The minimum absolute atomic E-state index is 0.00499. The van der Waals surface area contributed by atoms with Gasteiger partial charge in [0.15, 0.2) is 0 Å². The molecule has 1 N–H and O–H groups in total. The van der Waals surface area contributed by atoms with Crippen LogP contribution < -0.4 is 10.1 Å². The number of anilines is 1. The van der Waals surface area contributed by atoms with E-state index in [1.165, 1.54) is 11.1 Å². The van der Waals surface area contributed by atoms with Crippen molar-refractivity contribution in [2.24, 2.45) is 0 Å². The Bertz CT molecular complexity index is 703. The van der Waals surface area contributed by atoms with Gasteiger partial charge in [-0.25, -0.2) is 0 Å². The van der Waals surface area contributed by atoms with E-state index >= 15 is 0 Å². The summed E-state index contributed by atoms with van der Waals surface area (Å²) < 4.78 is 5.97. The molecule has 2 rings (SSSR count). The molecule has 23 heavy (non-hydrogen) atoms. The molecule has 1 amide bonds. The van der Waals surface area contributed by atoms with E-state index in [9.17, 15) is 4.79 Å². The molecule has 2 aromatic carbocycles. The van der Waals surface area contributed by atoms with Gasteiger partial charge in [0.1, 0.15) is 5.75 Å². The van der Waals surface area contributed by atoms with Crippen molar-refractivity contribution in [2.75, 3.05) is 12.4 Å². The van der Waals surface area contributed by atoms with E-state index in [1.54, 1.807) is 25.3 Å². The monoisotopic (exact) mass is 395 g/mol. The standard InChI is InChI=1S/C18H19BrClNO2/c1-12-10-15(23-2)8-6-13(12)4-3-5-18(22)21-14-7-9-17(20)16(19)11-14/h6-11H,3-5H2,1-2H3,(H,21,22). The molecule has 0 saturated heterocycles. The maximum atomic E-state index is 12.0. The molecule has 0 radical (unpaired) electrons. The molecule has 2 aromatic rings. The summed E-state index contributed by atoms with van der Waals surface area (Å²) in [5, 5.41) is 3.50. The third-order valence-corrected chi connectivity index (χ3v) is 4.82. The van der Waals surface area contributed by atoms with Crippen LogP contribution in [0.1, 0.15) is 24.0 Å². The fourth-order valence-electron chi connectivity index (χ4n) is 2.31. The highest BCUT2D eigenvalue weighted by Gasteiger charge is 2.06. The number of amides is 1. The van der Waals surface area contributed by atoms with E-state index in [0.29, 0.717) is 11.4 Å². The maximum Gasteiger partial charge on any atom is 0.224 e. The third kappa shape index (κ3) is 5.26. The van der Waals surface area contributed by atoms with E-state index in [-0.39, 0.29) is 5.91 Å². The van der Waals surface area contributed by atoms with Crippen LogP contribution in [0.5, 0.6) is 5.75 Å². The summed E-state index contributed by atoms with van der Waals surface area (Å²) in [6.45, 7) is 2.06. The predicted molar refractivity (Wildman–Crippen MR) is 98.5 cm³/mol. The van der Waals surface area contributed by atoms with Crippen LogP contribution in [-0.4, -0.2) is 13.0 Å². The van der Waals surface area contributed by atoms with Crippen LogP contribution in [0.3, 0.4) is 0 Å². The SMILES string of the molecule is COc1ccc(CCCC(=O)Nc2ccc(Cl)c(Br)c2)c(C)c1. The first-order valence-electron chi connectivity index (χ1n) is 7.38. The van der Waals surface area contributed by atoms with E-state index in [0.717, 1.165) is 28.8 Å². The molecule has 0 bridgehead atoms. The number of halogens is 2. The number of ether oxygens (including phenoxy) is 1. The summed E-state index contributed by atoms with van der Waals surface area (Å²) in [6, 6.07) is 11.4. The van der Waals surface area contributed by atoms with Crippen LogP contribution in [-0.2, 0) is 11.2 Å². The van der Waals surface area contributed by atoms with Crippen molar-refractivity contribution in [1.82, 2.24) is 0 Å². The average Bonchev–Trinajstić information content (AvgIpc) is 2.52. The van der Waals surface area contributed by atoms with Crippen molar-refractivity contribution in [2.45, 2.75) is 26.2 Å². The lowest BCUT2D eigenvalue weighted by atomic mass is 10.0. The van der Waals surface area contributed by atoms with Crippen LogP contribution in [0.4, 0.5) is 5.69 Å². The Balaban J connectivity index is 1.84. The molecule has 0 heterocycles. The van der Waals surface area contributed by atoms with Gasteiger partial charge in [0, 0.05) is 16.6 Å². The largest absolute Gasteiger partial charge is 0.497 e. The molecule has 0 atom stereocenters. The second-order valence-corrected chi connectivity index (χ2v) is 6.58. The molecule has 3 nitrogen and oxygen atoms in total. The summed E-state index contributed by atoms with van der Waals surface area (Å²) in [5.41, 5.74) is 3.17. The van der Waals surface area contributed by atoms with Crippen LogP contribution in [0.15, 0.2) is 40.9 Å². The summed E-state index contributed by atoms with van der Waals surface area (Å²) in [6.07, 6.45) is 2.15. The van der Waals surface area contributed by atoms with Gasteiger partial charge in [-0.15, -0.1) is 0 Å². The molecule has 0 aromatic heterocycles. The van der Waals surface area contributed by atoms with Crippen molar-refractivity contribution >= 4 is 39.1 Å². The Morgan fingerprint density at radius 2 is 2.04 bits per heavy atom. The van der Waals surface area contributed by atoms with Gasteiger partial charge >= 0.3 is 0 Å². The van der Waals surface area contributed by atoms with Crippen LogP contribution >= 0.6 is 27.5 Å². The summed E-state index contributed by atoms with van der Waals surface area (Å²) in [5.74, 6) is 0.864. The second-order valence-electron chi connectivity index (χ2n) is 5.32. The molecule has 0 spiro atoms. The zero-order valence-electron chi connectivity index (χ0n) is 13.2. The maximum absolute atomic E-state index is 12.0. The number of methoxy groups -OCH3 is 1. The quantitative estimate of drug-likeness (QED) is 0.712. The molecule has 0 aliphatic rings. The van der Waals surface area contributed by atoms with Gasteiger partial charge in [-0.2, -0.15) is 0 Å². The Labute approximate surface area is 150 Å². The lowest BCUT2D eigenvalue weighted by Gasteiger charge is -2.09. The van der Waals surface area contributed by atoms with Crippen LogP contribution in [0.25, 0.3) is 0 Å². The van der Waals surface area contributed by atoms with Crippen molar-refractivity contribution in [3.63, 3.8) is 0 Å². The zero-order valence-corrected chi connectivity index (χ0v) is 15.5. The Kier molecular flexibility index (Phi) is 6.48. The van der Waals surface area contributed by atoms with Crippen molar-refractivity contribution in [3.8, 4) is 5.75 Å². The number of benzene rings is 2. The number of carbonyl (C=O) groups excluding carboxylic acids is 1. The van der Waals surface area contributed by atoms with Crippen molar-refractivity contribution in [3.05, 3.63) is 57.0 Å². The van der Waals surface area contributed by atoms with E-state index in [1.807, 2.05) is 12.1 Å². The molecule has 0 aliphatic carbocycles. The first kappa shape index (κ1) is 17.8. The predicted octanol–water partition coefficient (Wildman–Crippen LogP) is 5.38. The molecule has 0 unspecified atom stereocenters. The highest BCUT2D eigenvalue weighted by molar-refractivity contribution is 9.10. The van der Waals surface area contributed by atoms with Gasteiger partial charge in [0.2, 0.25) is 5.91 Å². The lowest BCUT2D eigenvalue weighted by Crippen LogP contribution is -2.11. The molecular formula is C18H19BrClNO2. The third-order valence-electron chi connectivity index (χ3n) is 3.60. The number of aryl methyl sites for hydroxylation is 2. The average molecular weight is 397 g/mol. The normalized spacial score (nSPS) is 10.4. The Morgan fingerprint density at radius 1 is 1.26 bits per heavy atom. The van der Waals surface area contributed by atoms with Gasteiger partial charge < -0.3 is 10.1 Å². The Hall–Kier alpha value is -1.52. The highest BCUT2D eigenvalue weighted by Crippen LogP contribution is 2.25. The Morgan fingerprint density at radius 3 is 2.70 bits per heavy atom. The summed E-state index contributed by atoms with van der Waals surface area (Å²) in [7, 11) is 1.66. The topological polar surface area (TPSA) is 38.3 Å². The zero-order chi connectivity index (χ0) is 16.8. The fraction of sp³-hybridized carbons (Fsp3) is 0.278. The molecule has 0 aliphatic heterocycles. The van der Waals surface area contributed by atoms with Crippen molar-refractivity contribution in [1.29, 1.82) is 0 Å². The lowest BCUT2D eigenvalue weighted by molar-refractivity contribution is -0.116. The number of hydrogen-bond acceptors (Lipinski definition) is 2. The van der Waals surface area contributed by atoms with Gasteiger partial charge in [-0.3, -0.25) is 4.79 Å². The minimum Gasteiger partial charge on any atom is -0.497 e. The van der Waals surface area contributed by atoms with Crippen LogP contribution in [0, 0.1) is 6.92 Å². The molecule has 122 valence electrons. The number of carbonyl (C=O) groups is 1. The molecular weight excluding hydrogens is 378 g/mol. The highest BCUT2D eigenvalue weighted by atomic mass is 79.9. The summed E-state index contributed by atoms with van der Waals surface area (Å²) in [4.78, 5) is 12.0. The van der Waals surface area contributed by atoms with Crippen LogP contribution in [0.2, 0.25) is 5.02 Å². The minimum atomic E-state index is 0.00499. The molecule has 0 fully saturated rings. The van der Waals surface area contributed by atoms with E-state index < -0.39 is 0 Å². The summed E-state index contributed by atoms with van der Waals surface area (Å²) >= 11 is 9.28. The van der Waals surface area contributed by atoms with Gasteiger partial charge in [0.05, 0.1) is 12.1 Å². The van der Waals surface area contributed by atoms with Crippen molar-refractivity contribution < 1.29 is 9.53 Å². The van der Waals surface area contributed by atoms with Gasteiger partial charge in [-0.1, -0.05) is 17.7 Å². The van der Waals surface area contributed by atoms with E-state index in [2.05, 4.69) is 34.2 Å². The molecule has 0 saturated carbocycles. The number of hydrogen-bond donors (Lipinski definition) is 1. The number of rotatable bonds is 6. The number of nitrogens with one attached hydrogen (secondary N) is 1. The molecule has 5 heteroatoms. The van der Waals surface area contributed by atoms with E-state index in [4.69, 9.17) is 16.3 Å². The first-order valence-corrected chi connectivity index (χ1v) is 8.55. The van der Waals surface area contributed by atoms with Gasteiger partial charge in [-0.05, 0) is 77.2 Å². The second kappa shape index (κ2) is 8.37.